The number of unbranched alkanes of at least 4 members (excludes halogenated alkanes) is 1. The molecule has 1 amide bonds. The fraction of sp³-hybridized carbons (Fsp3) is 0.550. The van der Waals surface area contributed by atoms with E-state index in [4.69, 9.17) is 0 Å². The average Bonchev–Trinajstić information content (AvgIpc) is 2.89. The van der Waals surface area contributed by atoms with Crippen molar-refractivity contribution in [1.29, 1.82) is 0 Å². The first-order valence-electron chi connectivity index (χ1n) is 9.50. The quantitative estimate of drug-likeness (QED) is 0.563. The van der Waals surface area contributed by atoms with Gasteiger partial charge in [-0.15, -0.1) is 11.3 Å². The van der Waals surface area contributed by atoms with E-state index in [-0.39, 0.29) is 11.9 Å². The van der Waals surface area contributed by atoms with Gasteiger partial charge in [0.25, 0.3) is 0 Å². The lowest BCUT2D eigenvalue weighted by Gasteiger charge is -2.22. The number of rotatable bonds is 7. The van der Waals surface area contributed by atoms with Gasteiger partial charge in [-0.2, -0.15) is 0 Å². The number of aromatic nitrogens is 1. The molecule has 140 valence electrons. The minimum Gasteiger partial charge on any atom is -0.481 e. The molecule has 6 heteroatoms. The van der Waals surface area contributed by atoms with Gasteiger partial charge < -0.3 is 10.4 Å². The van der Waals surface area contributed by atoms with Crippen LogP contribution < -0.4 is 5.32 Å². The summed E-state index contributed by atoms with van der Waals surface area (Å²) in [4.78, 5) is 28.3. The normalized spacial score (nSPS) is 20.6. The first kappa shape index (κ1) is 18.8. The molecular weight excluding hydrogens is 348 g/mol. The lowest BCUT2D eigenvalue weighted by molar-refractivity contribution is -0.143. The molecule has 0 bridgehead atoms. The average molecular weight is 375 g/mol. The summed E-state index contributed by atoms with van der Waals surface area (Å²) >= 11 is 1.71. The Bertz CT molecular complexity index is 725. The number of carbonyl (C=O) groups is 2. The number of aryl methyl sites for hydroxylation is 1. The van der Waals surface area contributed by atoms with Crippen LogP contribution in [0.15, 0.2) is 24.3 Å². The highest BCUT2D eigenvalue weighted by Crippen LogP contribution is 2.25. The molecule has 2 aromatic rings. The minimum atomic E-state index is -0.784. The van der Waals surface area contributed by atoms with E-state index in [1.165, 1.54) is 4.70 Å². The number of benzene rings is 1. The van der Waals surface area contributed by atoms with Crippen LogP contribution in [0.2, 0.25) is 0 Å². The van der Waals surface area contributed by atoms with Crippen LogP contribution >= 0.6 is 11.3 Å². The Hall–Kier alpha value is -1.95. The summed E-state index contributed by atoms with van der Waals surface area (Å²) in [6, 6.07) is 7.90. The first-order valence-corrected chi connectivity index (χ1v) is 10.3. The van der Waals surface area contributed by atoms with E-state index in [0.717, 1.165) is 55.5 Å². The standard InChI is InChI=1S/C20H26N2O3S/c23-18(21-15-9-3-1-2-8-14(15)20(24)25)12-6-7-13-19-22-16-10-4-5-11-17(16)26-19/h4-5,10-11,14-15H,1-3,6-9,12-13H2,(H,21,23)(H,24,25)/t14-,15+/m1/s1. The van der Waals surface area contributed by atoms with Crippen LogP contribution in [0.3, 0.4) is 0 Å². The number of nitrogens with one attached hydrogen (secondary N) is 1. The third kappa shape index (κ3) is 5.04. The lowest BCUT2D eigenvalue weighted by atomic mass is 9.94. The molecule has 1 heterocycles. The van der Waals surface area contributed by atoms with Gasteiger partial charge in [-0.05, 0) is 44.2 Å². The molecule has 1 aliphatic rings. The van der Waals surface area contributed by atoms with Crippen molar-refractivity contribution in [3.63, 3.8) is 0 Å². The monoisotopic (exact) mass is 374 g/mol. The zero-order chi connectivity index (χ0) is 18.4. The van der Waals surface area contributed by atoms with E-state index >= 15 is 0 Å². The van der Waals surface area contributed by atoms with Crippen LogP contribution in [0.25, 0.3) is 10.2 Å². The number of carboxylic acid groups (broad SMARTS) is 1. The molecule has 0 unspecified atom stereocenters. The fourth-order valence-electron chi connectivity index (χ4n) is 3.64. The zero-order valence-corrected chi connectivity index (χ0v) is 15.8. The maximum Gasteiger partial charge on any atom is 0.308 e. The second-order valence-corrected chi connectivity index (χ2v) is 8.15. The summed E-state index contributed by atoms with van der Waals surface area (Å²) < 4.78 is 1.20. The lowest BCUT2D eigenvalue weighted by Crippen LogP contribution is -2.42. The molecule has 1 aromatic carbocycles. The van der Waals surface area contributed by atoms with Crippen molar-refractivity contribution in [1.82, 2.24) is 10.3 Å². The topological polar surface area (TPSA) is 79.3 Å². The van der Waals surface area contributed by atoms with Crippen LogP contribution in [0.5, 0.6) is 0 Å². The van der Waals surface area contributed by atoms with Crippen LogP contribution in [0.4, 0.5) is 0 Å². The molecule has 5 nitrogen and oxygen atoms in total. The molecule has 2 N–H and O–H groups in total. The van der Waals surface area contributed by atoms with Crippen LogP contribution in [-0.2, 0) is 16.0 Å². The van der Waals surface area contributed by atoms with Gasteiger partial charge in [0.2, 0.25) is 5.91 Å². The third-order valence-electron chi connectivity index (χ3n) is 5.06. The summed E-state index contributed by atoms with van der Waals surface area (Å²) in [5, 5.41) is 13.5. The highest BCUT2D eigenvalue weighted by molar-refractivity contribution is 7.18. The number of fused-ring (bicyclic) bond motifs is 1. The molecule has 2 atom stereocenters. The SMILES string of the molecule is O=C(CCCCc1nc2ccccc2s1)N[C@H]1CCCCC[C@H]1C(=O)O. The van der Waals surface area contributed by atoms with E-state index < -0.39 is 11.9 Å². The van der Waals surface area contributed by atoms with Crippen LogP contribution in [0, 0.1) is 5.92 Å². The highest BCUT2D eigenvalue weighted by Gasteiger charge is 2.30. The second-order valence-electron chi connectivity index (χ2n) is 7.04. The Kier molecular flexibility index (Phi) is 6.61. The number of nitrogens with zero attached hydrogens (tertiary/aromatic N) is 1. The van der Waals surface area contributed by atoms with Crippen molar-refractivity contribution in [3.8, 4) is 0 Å². The molecule has 26 heavy (non-hydrogen) atoms. The Morgan fingerprint density at radius 3 is 2.77 bits per heavy atom. The molecule has 0 radical (unpaired) electrons. The summed E-state index contributed by atoms with van der Waals surface area (Å²) in [6.45, 7) is 0. The van der Waals surface area contributed by atoms with Gasteiger partial charge in [-0.3, -0.25) is 9.59 Å². The van der Waals surface area contributed by atoms with E-state index in [2.05, 4.69) is 16.4 Å². The number of carboxylic acids is 1. The number of aliphatic carboxylic acids is 1. The summed E-state index contributed by atoms with van der Waals surface area (Å²) in [5.74, 6) is -1.25. The smallest absolute Gasteiger partial charge is 0.308 e. The van der Waals surface area contributed by atoms with E-state index in [1.54, 1.807) is 11.3 Å². The number of hydrogen-bond acceptors (Lipinski definition) is 4. The van der Waals surface area contributed by atoms with Crippen LogP contribution in [0.1, 0.15) is 56.4 Å². The molecule has 1 aromatic heterocycles. The molecule has 1 saturated carbocycles. The van der Waals surface area contributed by atoms with Gasteiger partial charge >= 0.3 is 5.97 Å². The Labute approximate surface area is 157 Å². The highest BCUT2D eigenvalue weighted by atomic mass is 32.1. The van der Waals surface area contributed by atoms with Crippen molar-refractivity contribution < 1.29 is 14.7 Å². The fourth-order valence-corrected chi connectivity index (χ4v) is 4.65. The minimum absolute atomic E-state index is 0.0209. The Morgan fingerprint density at radius 2 is 1.96 bits per heavy atom. The van der Waals surface area contributed by atoms with Crippen molar-refractivity contribution in [3.05, 3.63) is 29.3 Å². The molecule has 0 spiro atoms. The molecule has 0 saturated heterocycles. The van der Waals surface area contributed by atoms with Crippen molar-refractivity contribution in [2.24, 2.45) is 5.92 Å². The Balaban J connectivity index is 1.42. The summed E-state index contributed by atoms with van der Waals surface area (Å²) in [6.07, 6.45) is 7.47. The number of carbonyl (C=O) groups excluding carboxylic acids is 1. The second kappa shape index (κ2) is 9.12. The maximum atomic E-state index is 12.2. The van der Waals surface area contributed by atoms with E-state index in [0.29, 0.717) is 12.8 Å². The van der Waals surface area contributed by atoms with E-state index in [1.807, 2.05) is 18.2 Å². The number of amides is 1. The largest absolute Gasteiger partial charge is 0.481 e. The van der Waals surface area contributed by atoms with Crippen molar-refractivity contribution in [2.75, 3.05) is 0 Å². The van der Waals surface area contributed by atoms with Crippen molar-refractivity contribution in [2.45, 2.75) is 63.8 Å². The number of hydrogen-bond donors (Lipinski definition) is 2. The number of thiazole rings is 1. The first-order chi connectivity index (χ1) is 12.6. The molecule has 1 aliphatic carbocycles. The van der Waals surface area contributed by atoms with Gasteiger partial charge in [0.15, 0.2) is 0 Å². The number of para-hydroxylation sites is 1. The van der Waals surface area contributed by atoms with Crippen molar-refractivity contribution >= 4 is 33.4 Å². The maximum absolute atomic E-state index is 12.2. The molecule has 3 rings (SSSR count). The third-order valence-corrected chi connectivity index (χ3v) is 6.16. The van der Waals surface area contributed by atoms with Gasteiger partial charge in [0, 0.05) is 12.5 Å². The summed E-state index contributed by atoms with van der Waals surface area (Å²) in [5.41, 5.74) is 1.04. The Morgan fingerprint density at radius 1 is 1.15 bits per heavy atom. The van der Waals surface area contributed by atoms with Gasteiger partial charge in [0.05, 0.1) is 21.1 Å². The van der Waals surface area contributed by atoms with Gasteiger partial charge in [-0.1, -0.05) is 31.4 Å². The zero-order valence-electron chi connectivity index (χ0n) is 14.9. The van der Waals surface area contributed by atoms with Gasteiger partial charge in [0.1, 0.15) is 0 Å². The summed E-state index contributed by atoms with van der Waals surface area (Å²) in [7, 11) is 0. The van der Waals surface area contributed by atoms with Crippen LogP contribution in [-0.4, -0.2) is 28.0 Å². The predicted octanol–water partition coefficient (Wildman–Crippen LogP) is 4.16. The molecular formula is C20H26N2O3S. The van der Waals surface area contributed by atoms with E-state index in [9.17, 15) is 14.7 Å². The molecule has 0 aliphatic heterocycles. The predicted molar refractivity (Wildman–Crippen MR) is 103 cm³/mol. The molecule has 1 fully saturated rings. The van der Waals surface area contributed by atoms with Gasteiger partial charge in [-0.25, -0.2) is 4.98 Å².